The fourth-order valence-electron chi connectivity index (χ4n) is 4.17. The molecule has 3 atom stereocenters. The summed E-state index contributed by atoms with van der Waals surface area (Å²) in [4.78, 5) is 18.4. The van der Waals surface area contributed by atoms with E-state index in [-0.39, 0.29) is 29.6 Å². The molecule has 0 radical (unpaired) electrons. The van der Waals surface area contributed by atoms with Crippen molar-refractivity contribution in [1.29, 1.82) is 0 Å². The SMILES string of the molecule is O=C(NC1CCCC2CNNC21)c1nc(-c2cccs2)n(-c2ccc(F)cc2)n1. The van der Waals surface area contributed by atoms with Gasteiger partial charge in [-0.15, -0.1) is 16.4 Å². The highest BCUT2D eigenvalue weighted by Gasteiger charge is 2.37. The molecular weight excluding hydrogens is 391 g/mol. The maximum atomic E-state index is 13.4. The van der Waals surface area contributed by atoms with Crippen LogP contribution in [-0.2, 0) is 0 Å². The summed E-state index contributed by atoms with van der Waals surface area (Å²) in [5.74, 6) is 0.599. The minimum Gasteiger partial charge on any atom is -0.345 e. The maximum absolute atomic E-state index is 13.4. The van der Waals surface area contributed by atoms with Crippen molar-refractivity contribution in [2.45, 2.75) is 31.3 Å². The number of rotatable bonds is 4. The third-order valence-corrected chi connectivity index (χ3v) is 6.47. The van der Waals surface area contributed by atoms with Gasteiger partial charge in [-0.25, -0.2) is 14.1 Å². The molecule has 0 bridgehead atoms. The molecule has 2 aliphatic rings. The first-order valence-electron chi connectivity index (χ1n) is 9.75. The van der Waals surface area contributed by atoms with Gasteiger partial charge in [0.15, 0.2) is 5.82 Å². The molecule has 9 heteroatoms. The highest BCUT2D eigenvalue weighted by Crippen LogP contribution is 2.28. The van der Waals surface area contributed by atoms with E-state index in [1.807, 2.05) is 17.5 Å². The Morgan fingerprint density at radius 3 is 2.90 bits per heavy atom. The van der Waals surface area contributed by atoms with Gasteiger partial charge in [-0.2, -0.15) is 0 Å². The van der Waals surface area contributed by atoms with Crippen molar-refractivity contribution in [2.24, 2.45) is 5.92 Å². The van der Waals surface area contributed by atoms with Crippen LogP contribution in [0.4, 0.5) is 4.39 Å². The molecule has 1 saturated heterocycles. The minimum atomic E-state index is -0.325. The van der Waals surface area contributed by atoms with Gasteiger partial charge in [-0.1, -0.05) is 12.5 Å². The summed E-state index contributed by atoms with van der Waals surface area (Å²) in [6, 6.07) is 10.1. The third kappa shape index (κ3) is 3.57. The minimum absolute atomic E-state index is 0.0409. The molecule has 150 valence electrons. The van der Waals surface area contributed by atoms with Crippen LogP contribution in [0.3, 0.4) is 0 Å². The maximum Gasteiger partial charge on any atom is 0.291 e. The van der Waals surface area contributed by atoms with Crippen molar-refractivity contribution < 1.29 is 9.18 Å². The Labute approximate surface area is 171 Å². The van der Waals surface area contributed by atoms with Gasteiger partial charge in [0.1, 0.15) is 5.82 Å². The lowest BCUT2D eigenvalue weighted by molar-refractivity contribution is 0.0899. The number of carbonyl (C=O) groups excluding carboxylic acids is 1. The van der Waals surface area contributed by atoms with Crippen molar-refractivity contribution >= 4 is 17.2 Å². The van der Waals surface area contributed by atoms with Gasteiger partial charge >= 0.3 is 0 Å². The highest BCUT2D eigenvalue weighted by molar-refractivity contribution is 7.13. The van der Waals surface area contributed by atoms with Crippen molar-refractivity contribution in [3.63, 3.8) is 0 Å². The number of halogens is 1. The molecule has 3 N–H and O–H groups in total. The normalized spacial score (nSPS) is 23.7. The highest BCUT2D eigenvalue weighted by atomic mass is 32.1. The van der Waals surface area contributed by atoms with E-state index < -0.39 is 0 Å². The summed E-state index contributed by atoms with van der Waals surface area (Å²) in [6.07, 6.45) is 3.18. The van der Waals surface area contributed by atoms with Gasteiger partial charge in [-0.05, 0) is 54.5 Å². The molecule has 0 spiro atoms. The van der Waals surface area contributed by atoms with Crippen molar-refractivity contribution in [3.05, 3.63) is 53.4 Å². The predicted molar refractivity (Wildman–Crippen MR) is 108 cm³/mol. The lowest BCUT2D eigenvalue weighted by atomic mass is 9.82. The van der Waals surface area contributed by atoms with E-state index in [9.17, 15) is 9.18 Å². The number of hydrogen-bond acceptors (Lipinski definition) is 6. The number of amides is 1. The van der Waals surface area contributed by atoms with Crippen LogP contribution in [0.15, 0.2) is 41.8 Å². The Morgan fingerprint density at radius 2 is 2.10 bits per heavy atom. The average Bonchev–Trinajstić information content (AvgIpc) is 3.48. The van der Waals surface area contributed by atoms with Gasteiger partial charge in [0.2, 0.25) is 5.82 Å². The number of benzene rings is 1. The first-order chi connectivity index (χ1) is 14.2. The molecule has 1 aliphatic heterocycles. The summed E-state index contributed by atoms with van der Waals surface area (Å²) >= 11 is 1.51. The number of hydrogen-bond donors (Lipinski definition) is 3. The Balaban J connectivity index is 1.45. The number of carbonyl (C=O) groups is 1. The van der Waals surface area contributed by atoms with Crippen molar-refractivity contribution in [2.75, 3.05) is 6.54 Å². The van der Waals surface area contributed by atoms with Crippen molar-refractivity contribution in [3.8, 4) is 16.4 Å². The second-order valence-corrected chi connectivity index (χ2v) is 8.39. The Hall–Kier alpha value is -2.62. The predicted octanol–water partition coefficient (Wildman–Crippen LogP) is 2.51. The number of nitrogens with one attached hydrogen (secondary N) is 3. The second kappa shape index (κ2) is 7.66. The standard InChI is InChI=1S/C20H21FN6OS/c21-13-6-8-14(9-7-13)27-19(16-5-2-10-29-16)24-18(26-27)20(28)23-15-4-1-3-12-11-22-25-17(12)15/h2,5-10,12,15,17,22,25H,1,3-4,11H2,(H,23,28). The Kier molecular flexibility index (Phi) is 4.86. The summed E-state index contributed by atoms with van der Waals surface area (Å²) in [6.45, 7) is 0.928. The van der Waals surface area contributed by atoms with E-state index in [2.05, 4.69) is 26.3 Å². The van der Waals surface area contributed by atoms with Gasteiger partial charge in [0.25, 0.3) is 5.91 Å². The van der Waals surface area contributed by atoms with Crippen LogP contribution in [0.1, 0.15) is 29.9 Å². The number of fused-ring (bicyclic) bond motifs is 1. The van der Waals surface area contributed by atoms with Gasteiger partial charge in [0.05, 0.1) is 10.6 Å². The molecule has 29 heavy (non-hydrogen) atoms. The molecule has 1 saturated carbocycles. The molecule has 3 unspecified atom stereocenters. The summed E-state index contributed by atoms with van der Waals surface area (Å²) in [5.41, 5.74) is 7.14. The number of aromatic nitrogens is 3. The Bertz CT molecular complexity index is 1000. The molecular formula is C20H21FN6OS. The largest absolute Gasteiger partial charge is 0.345 e. The Morgan fingerprint density at radius 1 is 1.24 bits per heavy atom. The molecule has 1 amide bonds. The van der Waals surface area contributed by atoms with Crippen LogP contribution in [0.25, 0.3) is 16.4 Å². The van der Waals surface area contributed by atoms with E-state index in [0.29, 0.717) is 17.4 Å². The van der Waals surface area contributed by atoms with Crippen LogP contribution in [0.2, 0.25) is 0 Å². The quantitative estimate of drug-likeness (QED) is 0.613. The second-order valence-electron chi connectivity index (χ2n) is 7.45. The molecule has 1 aromatic carbocycles. The number of hydrazine groups is 1. The fraction of sp³-hybridized carbons (Fsp3) is 0.350. The summed E-state index contributed by atoms with van der Waals surface area (Å²) < 4.78 is 15.0. The fourth-order valence-corrected chi connectivity index (χ4v) is 4.87. The molecule has 7 nitrogen and oxygen atoms in total. The first-order valence-corrected chi connectivity index (χ1v) is 10.6. The van der Waals surface area contributed by atoms with Crippen LogP contribution < -0.4 is 16.2 Å². The number of thiophene rings is 1. The summed E-state index contributed by atoms with van der Waals surface area (Å²) in [5, 5.41) is 9.52. The van der Waals surface area contributed by atoms with Gasteiger partial charge in [0, 0.05) is 18.6 Å². The van der Waals surface area contributed by atoms with Gasteiger partial charge < -0.3 is 5.32 Å². The van der Waals surface area contributed by atoms with Gasteiger partial charge in [-0.3, -0.25) is 15.6 Å². The smallest absolute Gasteiger partial charge is 0.291 e. The van der Waals surface area contributed by atoms with E-state index in [1.165, 1.54) is 23.5 Å². The van der Waals surface area contributed by atoms with Crippen LogP contribution in [-0.4, -0.2) is 39.3 Å². The monoisotopic (exact) mass is 412 g/mol. The zero-order valence-electron chi connectivity index (χ0n) is 15.6. The molecule has 3 heterocycles. The zero-order chi connectivity index (χ0) is 19.8. The third-order valence-electron chi connectivity index (χ3n) is 5.60. The molecule has 3 aromatic rings. The summed E-state index contributed by atoms with van der Waals surface area (Å²) in [7, 11) is 0. The van der Waals surface area contributed by atoms with Crippen LogP contribution in [0, 0.1) is 11.7 Å². The zero-order valence-corrected chi connectivity index (χ0v) is 16.5. The van der Waals surface area contributed by atoms with E-state index in [0.717, 1.165) is 30.7 Å². The first kappa shape index (κ1) is 18.4. The average molecular weight is 412 g/mol. The van der Waals surface area contributed by atoms with Crippen LogP contribution in [0.5, 0.6) is 0 Å². The molecule has 2 fully saturated rings. The van der Waals surface area contributed by atoms with Crippen molar-refractivity contribution in [1.82, 2.24) is 30.9 Å². The lowest BCUT2D eigenvalue weighted by Gasteiger charge is -2.33. The molecule has 2 aromatic heterocycles. The van der Waals surface area contributed by atoms with E-state index in [1.54, 1.807) is 16.8 Å². The lowest BCUT2D eigenvalue weighted by Crippen LogP contribution is -2.53. The number of nitrogens with zero attached hydrogens (tertiary/aromatic N) is 3. The topological polar surface area (TPSA) is 83.9 Å². The molecule has 1 aliphatic carbocycles. The van der Waals surface area contributed by atoms with E-state index in [4.69, 9.17) is 0 Å². The van der Waals surface area contributed by atoms with E-state index >= 15 is 0 Å². The van der Waals surface area contributed by atoms with Crippen LogP contribution >= 0.6 is 11.3 Å². The molecule has 5 rings (SSSR count).